The number of ether oxygens (including phenoxy) is 2. The summed E-state index contributed by atoms with van der Waals surface area (Å²) in [7, 11) is 3.44. The van der Waals surface area contributed by atoms with Crippen molar-refractivity contribution in [3.05, 3.63) is 48.6 Å². The first-order valence-corrected chi connectivity index (χ1v) is 5.43. The van der Waals surface area contributed by atoms with Gasteiger partial charge in [-0.2, -0.15) is 0 Å². The standard InChI is InChI=1S/C14H20O2/c1-4-10-14(11-15-2,12-16-3)13-8-6-5-7-9-13/h4-9H,1,10-12H2,2-3H3. The first kappa shape index (κ1) is 12.9. The van der Waals surface area contributed by atoms with Gasteiger partial charge >= 0.3 is 0 Å². The van der Waals surface area contributed by atoms with Crippen LogP contribution in [0.4, 0.5) is 0 Å². The van der Waals surface area contributed by atoms with Crippen LogP contribution < -0.4 is 0 Å². The van der Waals surface area contributed by atoms with E-state index >= 15 is 0 Å². The molecule has 1 aromatic rings. The van der Waals surface area contributed by atoms with Crippen molar-refractivity contribution < 1.29 is 9.47 Å². The van der Waals surface area contributed by atoms with E-state index in [0.29, 0.717) is 13.2 Å². The maximum Gasteiger partial charge on any atom is 0.0584 e. The number of benzene rings is 1. The average molecular weight is 220 g/mol. The van der Waals surface area contributed by atoms with E-state index in [1.807, 2.05) is 24.3 Å². The zero-order chi connectivity index (χ0) is 11.9. The molecule has 1 aromatic carbocycles. The number of allylic oxidation sites excluding steroid dienone is 1. The van der Waals surface area contributed by atoms with E-state index in [0.717, 1.165) is 6.42 Å². The zero-order valence-electron chi connectivity index (χ0n) is 10.1. The number of hydrogen-bond donors (Lipinski definition) is 0. The van der Waals surface area contributed by atoms with Gasteiger partial charge in [0, 0.05) is 19.6 Å². The van der Waals surface area contributed by atoms with Gasteiger partial charge in [-0.05, 0) is 12.0 Å². The third-order valence-corrected chi connectivity index (χ3v) is 2.76. The van der Waals surface area contributed by atoms with Gasteiger partial charge in [-0.1, -0.05) is 36.4 Å². The number of methoxy groups -OCH3 is 2. The van der Waals surface area contributed by atoms with E-state index in [9.17, 15) is 0 Å². The van der Waals surface area contributed by atoms with Crippen molar-refractivity contribution in [3.63, 3.8) is 0 Å². The lowest BCUT2D eigenvalue weighted by Crippen LogP contribution is -2.36. The second kappa shape index (κ2) is 6.46. The normalized spacial score (nSPS) is 11.4. The maximum atomic E-state index is 5.34. The lowest BCUT2D eigenvalue weighted by Gasteiger charge is -2.32. The highest BCUT2D eigenvalue weighted by atomic mass is 16.5. The maximum absolute atomic E-state index is 5.34. The summed E-state index contributed by atoms with van der Waals surface area (Å²) in [4.78, 5) is 0. The summed E-state index contributed by atoms with van der Waals surface area (Å²) in [5, 5.41) is 0. The fraction of sp³-hybridized carbons (Fsp3) is 0.429. The smallest absolute Gasteiger partial charge is 0.0584 e. The Morgan fingerprint density at radius 2 is 1.69 bits per heavy atom. The molecular formula is C14H20O2. The summed E-state index contributed by atoms with van der Waals surface area (Å²) in [5.74, 6) is 0. The van der Waals surface area contributed by atoms with Gasteiger partial charge in [-0.15, -0.1) is 6.58 Å². The summed E-state index contributed by atoms with van der Waals surface area (Å²) < 4.78 is 10.7. The summed E-state index contributed by atoms with van der Waals surface area (Å²) in [6.45, 7) is 5.10. The molecule has 0 aliphatic carbocycles. The molecule has 2 nitrogen and oxygen atoms in total. The van der Waals surface area contributed by atoms with Crippen molar-refractivity contribution in [2.45, 2.75) is 11.8 Å². The molecule has 0 fully saturated rings. The predicted octanol–water partition coefficient (Wildman–Crippen LogP) is 2.79. The molecule has 16 heavy (non-hydrogen) atoms. The molecule has 88 valence electrons. The van der Waals surface area contributed by atoms with Gasteiger partial charge in [0.1, 0.15) is 0 Å². The van der Waals surface area contributed by atoms with Crippen LogP contribution in [0, 0.1) is 0 Å². The molecule has 0 atom stereocenters. The Labute approximate surface area is 97.9 Å². The van der Waals surface area contributed by atoms with Gasteiger partial charge in [-0.3, -0.25) is 0 Å². The molecule has 0 unspecified atom stereocenters. The highest BCUT2D eigenvalue weighted by Gasteiger charge is 2.31. The van der Waals surface area contributed by atoms with E-state index in [4.69, 9.17) is 9.47 Å². The summed E-state index contributed by atoms with van der Waals surface area (Å²) in [5.41, 5.74) is 1.12. The first-order chi connectivity index (χ1) is 7.79. The molecule has 0 saturated carbocycles. The Kier molecular flexibility index (Phi) is 5.23. The fourth-order valence-electron chi connectivity index (χ4n) is 2.06. The largest absolute Gasteiger partial charge is 0.384 e. The molecule has 0 amide bonds. The minimum Gasteiger partial charge on any atom is -0.384 e. The monoisotopic (exact) mass is 220 g/mol. The summed E-state index contributed by atoms with van der Waals surface area (Å²) in [6.07, 6.45) is 2.77. The quantitative estimate of drug-likeness (QED) is 0.658. The molecule has 0 heterocycles. The van der Waals surface area contributed by atoms with Crippen LogP contribution in [0.25, 0.3) is 0 Å². The van der Waals surface area contributed by atoms with E-state index in [1.165, 1.54) is 5.56 Å². The molecule has 0 saturated heterocycles. The van der Waals surface area contributed by atoms with E-state index in [2.05, 4.69) is 18.7 Å². The summed E-state index contributed by atoms with van der Waals surface area (Å²) >= 11 is 0. The second-order valence-corrected chi connectivity index (χ2v) is 4.01. The Bertz CT molecular complexity index is 300. The highest BCUT2D eigenvalue weighted by molar-refractivity contribution is 5.26. The molecule has 0 spiro atoms. The van der Waals surface area contributed by atoms with Crippen molar-refractivity contribution in [2.75, 3.05) is 27.4 Å². The van der Waals surface area contributed by atoms with Crippen molar-refractivity contribution in [1.82, 2.24) is 0 Å². The second-order valence-electron chi connectivity index (χ2n) is 4.01. The van der Waals surface area contributed by atoms with Crippen molar-refractivity contribution in [3.8, 4) is 0 Å². The Hall–Kier alpha value is -1.12. The highest BCUT2D eigenvalue weighted by Crippen LogP contribution is 2.29. The van der Waals surface area contributed by atoms with Crippen molar-refractivity contribution >= 4 is 0 Å². The Morgan fingerprint density at radius 3 is 2.12 bits per heavy atom. The Morgan fingerprint density at radius 1 is 1.12 bits per heavy atom. The van der Waals surface area contributed by atoms with Crippen LogP contribution in [-0.4, -0.2) is 27.4 Å². The fourth-order valence-corrected chi connectivity index (χ4v) is 2.06. The van der Waals surface area contributed by atoms with Gasteiger partial charge in [0.25, 0.3) is 0 Å². The first-order valence-electron chi connectivity index (χ1n) is 5.43. The van der Waals surface area contributed by atoms with Crippen LogP contribution in [0.2, 0.25) is 0 Å². The molecule has 0 aromatic heterocycles. The predicted molar refractivity (Wildman–Crippen MR) is 66.7 cm³/mol. The molecule has 0 N–H and O–H groups in total. The van der Waals surface area contributed by atoms with Crippen LogP contribution >= 0.6 is 0 Å². The van der Waals surface area contributed by atoms with Crippen LogP contribution in [0.5, 0.6) is 0 Å². The van der Waals surface area contributed by atoms with Crippen molar-refractivity contribution in [1.29, 1.82) is 0 Å². The third kappa shape index (κ3) is 2.94. The minimum absolute atomic E-state index is 0.119. The zero-order valence-corrected chi connectivity index (χ0v) is 10.1. The average Bonchev–Trinajstić information content (AvgIpc) is 2.31. The van der Waals surface area contributed by atoms with Gasteiger partial charge in [0.05, 0.1) is 13.2 Å². The Balaban J connectivity index is 3.04. The number of hydrogen-bond acceptors (Lipinski definition) is 2. The van der Waals surface area contributed by atoms with Crippen LogP contribution in [-0.2, 0) is 14.9 Å². The van der Waals surface area contributed by atoms with E-state index in [-0.39, 0.29) is 5.41 Å². The molecule has 0 aliphatic rings. The lowest BCUT2D eigenvalue weighted by molar-refractivity contribution is 0.0605. The molecule has 0 radical (unpaired) electrons. The lowest BCUT2D eigenvalue weighted by atomic mass is 9.79. The molecular weight excluding hydrogens is 200 g/mol. The number of rotatable bonds is 7. The van der Waals surface area contributed by atoms with Gasteiger partial charge in [0.15, 0.2) is 0 Å². The van der Waals surface area contributed by atoms with E-state index in [1.54, 1.807) is 14.2 Å². The molecule has 2 heteroatoms. The van der Waals surface area contributed by atoms with Crippen molar-refractivity contribution in [2.24, 2.45) is 0 Å². The van der Waals surface area contributed by atoms with Gasteiger partial charge in [-0.25, -0.2) is 0 Å². The minimum atomic E-state index is -0.119. The van der Waals surface area contributed by atoms with Crippen LogP contribution in [0.1, 0.15) is 12.0 Å². The SMILES string of the molecule is C=CCC(COC)(COC)c1ccccc1. The molecule has 0 bridgehead atoms. The topological polar surface area (TPSA) is 18.5 Å². The van der Waals surface area contributed by atoms with Gasteiger partial charge in [0.2, 0.25) is 0 Å². The van der Waals surface area contributed by atoms with Crippen LogP contribution in [0.3, 0.4) is 0 Å². The third-order valence-electron chi connectivity index (χ3n) is 2.76. The molecule has 1 rings (SSSR count). The van der Waals surface area contributed by atoms with Crippen LogP contribution in [0.15, 0.2) is 43.0 Å². The van der Waals surface area contributed by atoms with Gasteiger partial charge < -0.3 is 9.47 Å². The van der Waals surface area contributed by atoms with E-state index < -0.39 is 0 Å². The summed E-state index contributed by atoms with van der Waals surface area (Å²) in [6, 6.07) is 10.3. The molecule has 0 aliphatic heterocycles.